The van der Waals surface area contributed by atoms with Crippen molar-refractivity contribution in [3.63, 3.8) is 0 Å². The van der Waals surface area contributed by atoms with Gasteiger partial charge in [0, 0.05) is 17.8 Å². The molecule has 0 saturated carbocycles. The first-order valence-corrected chi connectivity index (χ1v) is 6.36. The lowest BCUT2D eigenvalue weighted by Crippen LogP contribution is -2.09. The Balaban J connectivity index is 3.17. The molecule has 0 aromatic carbocycles. The van der Waals surface area contributed by atoms with E-state index in [4.69, 9.17) is 15.4 Å². The van der Waals surface area contributed by atoms with Crippen molar-refractivity contribution in [2.24, 2.45) is 0 Å². The largest absolute Gasteiger partial charge is 0.378 e. The number of hydrogen-bond acceptors (Lipinski definition) is 4. The quantitative estimate of drug-likeness (QED) is 0.736. The Morgan fingerprint density at radius 3 is 2.80 bits per heavy atom. The predicted octanol–water partition coefficient (Wildman–Crippen LogP) is 0.927. The summed E-state index contributed by atoms with van der Waals surface area (Å²) in [6.07, 6.45) is 1.09. The maximum Gasteiger partial charge on any atom is 0.264 e. The zero-order valence-electron chi connectivity index (χ0n) is 7.98. The van der Waals surface area contributed by atoms with Crippen molar-refractivity contribution in [2.45, 2.75) is 18.0 Å². The van der Waals surface area contributed by atoms with Crippen LogP contribution >= 0.6 is 10.7 Å². The molecule has 15 heavy (non-hydrogen) atoms. The van der Waals surface area contributed by atoms with Crippen LogP contribution < -0.4 is 0 Å². The molecular formula is C7H10ClFN2O3S. The molecule has 0 aliphatic heterocycles. The minimum atomic E-state index is -3.87. The summed E-state index contributed by atoms with van der Waals surface area (Å²) in [5.74, 6) is 0. The average molecular weight is 257 g/mol. The normalized spacial score (nSPS) is 11.9. The van der Waals surface area contributed by atoms with Crippen molar-refractivity contribution in [1.29, 1.82) is 0 Å². The van der Waals surface area contributed by atoms with Crippen molar-refractivity contribution in [2.75, 3.05) is 13.8 Å². The van der Waals surface area contributed by atoms with Crippen LogP contribution in [0.5, 0.6) is 0 Å². The monoisotopic (exact) mass is 256 g/mol. The summed E-state index contributed by atoms with van der Waals surface area (Å²) in [6, 6.07) is 0. The highest BCUT2D eigenvalue weighted by Crippen LogP contribution is 2.20. The third-order valence-corrected chi connectivity index (χ3v) is 3.12. The molecule has 5 nitrogen and oxygen atoms in total. The van der Waals surface area contributed by atoms with E-state index >= 15 is 0 Å². The molecule has 0 spiro atoms. The van der Waals surface area contributed by atoms with Gasteiger partial charge in [-0.3, -0.25) is 4.68 Å². The van der Waals surface area contributed by atoms with Crippen LogP contribution in [0.4, 0.5) is 4.39 Å². The van der Waals surface area contributed by atoms with Gasteiger partial charge in [0.25, 0.3) is 9.05 Å². The van der Waals surface area contributed by atoms with Gasteiger partial charge in [-0.1, -0.05) is 0 Å². The Kier molecular flexibility index (Phi) is 4.06. The fourth-order valence-corrected chi connectivity index (χ4v) is 2.16. The number of halogens is 2. The van der Waals surface area contributed by atoms with E-state index < -0.39 is 15.7 Å². The lowest BCUT2D eigenvalue weighted by Gasteiger charge is -2.05. The van der Waals surface area contributed by atoms with Crippen LogP contribution in [-0.2, 0) is 26.9 Å². The van der Waals surface area contributed by atoms with Crippen molar-refractivity contribution in [3.8, 4) is 0 Å². The highest BCUT2D eigenvalue weighted by atomic mass is 35.7. The molecule has 0 bridgehead atoms. The van der Waals surface area contributed by atoms with Crippen LogP contribution in [0.15, 0.2) is 11.1 Å². The predicted molar refractivity (Wildman–Crippen MR) is 52.0 cm³/mol. The number of methoxy groups -OCH3 is 1. The highest BCUT2D eigenvalue weighted by molar-refractivity contribution is 8.13. The second-order valence-electron chi connectivity index (χ2n) is 2.74. The fraction of sp³-hybridized carbons (Fsp3) is 0.571. The maximum atomic E-state index is 12.1. The van der Waals surface area contributed by atoms with E-state index in [0.29, 0.717) is 0 Å². The lowest BCUT2D eigenvalue weighted by molar-refractivity contribution is 0.173. The third kappa shape index (κ3) is 2.90. The summed E-state index contributed by atoms with van der Waals surface area (Å²) in [5, 5.41) is 3.72. The van der Waals surface area contributed by atoms with Gasteiger partial charge in [-0.2, -0.15) is 5.10 Å². The highest BCUT2D eigenvalue weighted by Gasteiger charge is 2.20. The molecule has 0 amide bonds. The van der Waals surface area contributed by atoms with Crippen LogP contribution in [-0.4, -0.2) is 32.0 Å². The Morgan fingerprint density at radius 1 is 1.67 bits per heavy atom. The summed E-state index contributed by atoms with van der Waals surface area (Å²) < 4.78 is 40.4. The first-order valence-electron chi connectivity index (χ1n) is 4.05. The standard InChI is InChI=1S/C7H10ClFN2O3S/c1-14-5-6-7(15(8,12)13)4-10-11(6)3-2-9/h4H,2-3,5H2,1H3. The minimum Gasteiger partial charge on any atom is -0.378 e. The van der Waals surface area contributed by atoms with Gasteiger partial charge >= 0.3 is 0 Å². The Hall–Kier alpha value is -0.660. The molecule has 1 aromatic rings. The van der Waals surface area contributed by atoms with Gasteiger partial charge in [-0.15, -0.1) is 0 Å². The number of aryl methyl sites for hydroxylation is 1. The Labute approximate surface area is 91.2 Å². The summed E-state index contributed by atoms with van der Waals surface area (Å²) in [6.45, 7) is -0.646. The molecule has 0 aliphatic carbocycles. The van der Waals surface area contributed by atoms with Crippen molar-refractivity contribution < 1.29 is 17.5 Å². The van der Waals surface area contributed by atoms with Crippen molar-refractivity contribution in [1.82, 2.24) is 9.78 Å². The molecular weight excluding hydrogens is 247 g/mol. The number of alkyl halides is 1. The number of aromatic nitrogens is 2. The van der Waals surface area contributed by atoms with Gasteiger partial charge in [-0.25, -0.2) is 12.8 Å². The second kappa shape index (κ2) is 4.91. The molecule has 0 N–H and O–H groups in total. The maximum absolute atomic E-state index is 12.1. The zero-order chi connectivity index (χ0) is 11.5. The first kappa shape index (κ1) is 12.4. The van der Waals surface area contributed by atoms with Crippen LogP contribution in [0.3, 0.4) is 0 Å². The number of hydrogen-bond donors (Lipinski definition) is 0. The molecule has 0 aliphatic rings. The molecule has 0 saturated heterocycles. The third-order valence-electron chi connectivity index (χ3n) is 1.75. The molecule has 1 rings (SSSR count). The molecule has 1 aromatic heterocycles. The van der Waals surface area contributed by atoms with Gasteiger partial charge in [0.1, 0.15) is 11.6 Å². The number of rotatable bonds is 5. The van der Waals surface area contributed by atoms with Gasteiger partial charge < -0.3 is 4.74 Å². The fourth-order valence-electron chi connectivity index (χ4n) is 1.15. The topological polar surface area (TPSA) is 61.2 Å². The molecule has 0 radical (unpaired) electrons. The van der Waals surface area contributed by atoms with Crippen molar-refractivity contribution >= 4 is 19.7 Å². The van der Waals surface area contributed by atoms with Gasteiger partial charge in [0.2, 0.25) is 0 Å². The summed E-state index contributed by atoms with van der Waals surface area (Å²) in [5.41, 5.74) is 0.255. The van der Waals surface area contributed by atoms with Crippen LogP contribution in [0, 0.1) is 0 Å². The summed E-state index contributed by atoms with van der Waals surface area (Å²) >= 11 is 0. The number of nitrogens with zero attached hydrogens (tertiary/aromatic N) is 2. The molecule has 0 fully saturated rings. The van der Waals surface area contributed by atoms with E-state index in [1.54, 1.807) is 0 Å². The molecule has 1 heterocycles. The van der Waals surface area contributed by atoms with Gasteiger partial charge in [0.05, 0.1) is 25.0 Å². The van der Waals surface area contributed by atoms with Crippen molar-refractivity contribution in [3.05, 3.63) is 11.9 Å². The Morgan fingerprint density at radius 2 is 2.33 bits per heavy atom. The number of ether oxygens (including phenoxy) is 1. The SMILES string of the molecule is COCc1c(S(=O)(=O)Cl)cnn1CCF. The Bertz CT molecular complexity index is 431. The van der Waals surface area contributed by atoms with Crippen LogP contribution in [0.1, 0.15) is 5.69 Å². The van der Waals surface area contributed by atoms with E-state index in [2.05, 4.69) is 5.10 Å². The van der Waals surface area contributed by atoms with E-state index in [-0.39, 0.29) is 23.7 Å². The van der Waals surface area contributed by atoms with Crippen LogP contribution in [0.25, 0.3) is 0 Å². The van der Waals surface area contributed by atoms with Gasteiger partial charge in [0.15, 0.2) is 0 Å². The smallest absolute Gasteiger partial charge is 0.264 e. The van der Waals surface area contributed by atoms with Crippen LogP contribution in [0.2, 0.25) is 0 Å². The molecule has 8 heteroatoms. The second-order valence-corrected chi connectivity index (χ2v) is 5.27. The first-order chi connectivity index (χ1) is 7.00. The minimum absolute atomic E-state index is 0.0152. The van der Waals surface area contributed by atoms with E-state index in [1.165, 1.54) is 11.8 Å². The lowest BCUT2D eigenvalue weighted by atomic mass is 10.4. The summed E-state index contributed by atoms with van der Waals surface area (Å²) in [7, 11) is 2.72. The van der Waals surface area contributed by atoms with Gasteiger partial charge in [-0.05, 0) is 0 Å². The zero-order valence-corrected chi connectivity index (χ0v) is 9.55. The summed E-state index contributed by atoms with van der Waals surface area (Å²) in [4.78, 5) is -0.139. The van der Waals surface area contributed by atoms with E-state index in [1.807, 2.05) is 0 Å². The average Bonchev–Trinajstić information content (AvgIpc) is 2.49. The molecule has 0 unspecified atom stereocenters. The molecule has 0 atom stereocenters. The van der Waals surface area contributed by atoms with E-state index in [9.17, 15) is 12.8 Å². The molecule has 86 valence electrons. The van der Waals surface area contributed by atoms with E-state index in [0.717, 1.165) is 6.20 Å².